The zero-order valence-corrected chi connectivity index (χ0v) is 13.4. The number of hydrogen-bond acceptors (Lipinski definition) is 1. The molecule has 0 aromatic heterocycles. The van der Waals surface area contributed by atoms with Crippen molar-refractivity contribution < 1.29 is 0 Å². The molecule has 0 spiro atoms. The zero-order valence-electron chi connectivity index (χ0n) is 13.4. The van der Waals surface area contributed by atoms with E-state index in [0.29, 0.717) is 5.92 Å². The van der Waals surface area contributed by atoms with Crippen molar-refractivity contribution in [3.05, 3.63) is 35.4 Å². The van der Waals surface area contributed by atoms with Crippen molar-refractivity contribution in [2.45, 2.75) is 59.3 Å². The SMILES string of the molecule is CCCCNCC(C)Cc1ccc(C(C)(C)C)cc1. The lowest BCUT2D eigenvalue weighted by Gasteiger charge is -2.19. The summed E-state index contributed by atoms with van der Waals surface area (Å²) in [6.07, 6.45) is 3.73. The van der Waals surface area contributed by atoms with Crippen molar-refractivity contribution >= 4 is 0 Å². The molecule has 1 nitrogen and oxygen atoms in total. The van der Waals surface area contributed by atoms with E-state index in [-0.39, 0.29) is 5.41 Å². The third-order valence-corrected chi connectivity index (χ3v) is 3.60. The molecule has 0 saturated heterocycles. The molecule has 19 heavy (non-hydrogen) atoms. The Bertz CT molecular complexity index is 345. The smallest absolute Gasteiger partial charge is 0.00200 e. The van der Waals surface area contributed by atoms with Crippen molar-refractivity contribution in [3.8, 4) is 0 Å². The summed E-state index contributed by atoms with van der Waals surface area (Å²) >= 11 is 0. The Morgan fingerprint density at radius 2 is 1.74 bits per heavy atom. The van der Waals surface area contributed by atoms with Crippen LogP contribution < -0.4 is 5.32 Å². The molecular formula is C18H31N. The minimum absolute atomic E-state index is 0.256. The van der Waals surface area contributed by atoms with Gasteiger partial charge in [0.05, 0.1) is 0 Å². The van der Waals surface area contributed by atoms with Gasteiger partial charge >= 0.3 is 0 Å². The first-order chi connectivity index (χ1) is 8.93. The molecule has 1 N–H and O–H groups in total. The highest BCUT2D eigenvalue weighted by atomic mass is 14.8. The van der Waals surface area contributed by atoms with E-state index in [9.17, 15) is 0 Å². The maximum absolute atomic E-state index is 3.54. The van der Waals surface area contributed by atoms with Crippen LogP contribution in [0.2, 0.25) is 0 Å². The molecule has 1 rings (SSSR count). The summed E-state index contributed by atoms with van der Waals surface area (Å²) < 4.78 is 0. The maximum atomic E-state index is 3.54. The molecule has 1 heteroatoms. The highest BCUT2D eigenvalue weighted by Crippen LogP contribution is 2.22. The van der Waals surface area contributed by atoms with Crippen LogP contribution in [0.3, 0.4) is 0 Å². The summed E-state index contributed by atoms with van der Waals surface area (Å²) in [6.45, 7) is 13.6. The molecular weight excluding hydrogens is 230 g/mol. The summed E-state index contributed by atoms with van der Waals surface area (Å²) in [6, 6.07) is 9.16. The first-order valence-corrected chi connectivity index (χ1v) is 7.73. The van der Waals surface area contributed by atoms with Crippen LogP contribution in [0.25, 0.3) is 0 Å². The predicted octanol–water partition coefficient (Wildman–Crippen LogP) is 4.55. The molecule has 1 unspecified atom stereocenters. The number of unbranched alkanes of at least 4 members (excludes halogenated alkanes) is 1. The largest absolute Gasteiger partial charge is 0.316 e. The van der Waals surface area contributed by atoms with Crippen LogP contribution >= 0.6 is 0 Å². The summed E-state index contributed by atoms with van der Waals surface area (Å²) in [7, 11) is 0. The van der Waals surface area contributed by atoms with Crippen LogP contribution in [-0.4, -0.2) is 13.1 Å². The highest BCUT2D eigenvalue weighted by molar-refractivity contribution is 5.27. The van der Waals surface area contributed by atoms with Gasteiger partial charge in [-0.05, 0) is 48.4 Å². The van der Waals surface area contributed by atoms with Crippen LogP contribution in [0.15, 0.2) is 24.3 Å². The Morgan fingerprint density at radius 1 is 1.11 bits per heavy atom. The fraction of sp³-hybridized carbons (Fsp3) is 0.667. The van der Waals surface area contributed by atoms with E-state index in [4.69, 9.17) is 0 Å². The van der Waals surface area contributed by atoms with Crippen molar-refractivity contribution in [1.29, 1.82) is 0 Å². The minimum atomic E-state index is 0.256. The summed E-state index contributed by atoms with van der Waals surface area (Å²) in [5, 5.41) is 3.54. The van der Waals surface area contributed by atoms with Crippen LogP contribution in [0.4, 0.5) is 0 Å². The van der Waals surface area contributed by atoms with Gasteiger partial charge in [-0.3, -0.25) is 0 Å². The lowest BCUT2D eigenvalue weighted by atomic mass is 9.86. The van der Waals surface area contributed by atoms with Gasteiger partial charge in [0.15, 0.2) is 0 Å². The van der Waals surface area contributed by atoms with Crippen molar-refractivity contribution in [1.82, 2.24) is 5.32 Å². The molecule has 0 bridgehead atoms. The van der Waals surface area contributed by atoms with Crippen LogP contribution in [0.5, 0.6) is 0 Å². The molecule has 0 aliphatic rings. The lowest BCUT2D eigenvalue weighted by Crippen LogP contribution is -2.23. The van der Waals surface area contributed by atoms with E-state index >= 15 is 0 Å². The third-order valence-electron chi connectivity index (χ3n) is 3.60. The molecule has 1 aromatic carbocycles. The molecule has 108 valence electrons. The fourth-order valence-corrected chi connectivity index (χ4v) is 2.27. The Balaban J connectivity index is 2.40. The van der Waals surface area contributed by atoms with E-state index in [1.165, 1.54) is 30.4 Å². The molecule has 0 saturated carbocycles. The van der Waals surface area contributed by atoms with Gasteiger partial charge in [-0.1, -0.05) is 65.3 Å². The molecule has 0 aliphatic carbocycles. The fourth-order valence-electron chi connectivity index (χ4n) is 2.27. The number of hydrogen-bond donors (Lipinski definition) is 1. The molecule has 0 aliphatic heterocycles. The molecule has 0 radical (unpaired) electrons. The first kappa shape index (κ1) is 16.2. The summed E-state index contributed by atoms with van der Waals surface area (Å²) in [4.78, 5) is 0. The van der Waals surface area contributed by atoms with Crippen LogP contribution in [0.1, 0.15) is 58.6 Å². The Kier molecular flexibility index (Phi) is 6.57. The van der Waals surface area contributed by atoms with Gasteiger partial charge in [0, 0.05) is 0 Å². The van der Waals surface area contributed by atoms with Gasteiger partial charge in [0.2, 0.25) is 0 Å². The monoisotopic (exact) mass is 261 g/mol. The number of rotatable bonds is 7. The van der Waals surface area contributed by atoms with Crippen LogP contribution in [0, 0.1) is 5.92 Å². The van der Waals surface area contributed by atoms with E-state index in [1.807, 2.05) is 0 Å². The molecule has 1 atom stereocenters. The molecule has 0 amide bonds. The summed E-state index contributed by atoms with van der Waals surface area (Å²) in [5.74, 6) is 0.706. The van der Waals surface area contributed by atoms with E-state index < -0.39 is 0 Å². The highest BCUT2D eigenvalue weighted by Gasteiger charge is 2.13. The standard InChI is InChI=1S/C18H31N/c1-6-7-12-19-14-15(2)13-16-8-10-17(11-9-16)18(3,4)5/h8-11,15,19H,6-7,12-14H2,1-5H3. The lowest BCUT2D eigenvalue weighted by molar-refractivity contribution is 0.504. The Morgan fingerprint density at radius 3 is 2.26 bits per heavy atom. The predicted molar refractivity (Wildman–Crippen MR) is 85.8 cm³/mol. The van der Waals surface area contributed by atoms with E-state index in [1.54, 1.807) is 0 Å². The Labute approximate surface area is 119 Å². The van der Waals surface area contributed by atoms with E-state index in [0.717, 1.165) is 13.1 Å². The van der Waals surface area contributed by atoms with Gasteiger partial charge in [-0.15, -0.1) is 0 Å². The molecule has 0 fully saturated rings. The second-order valence-electron chi connectivity index (χ2n) is 6.81. The quantitative estimate of drug-likeness (QED) is 0.710. The summed E-state index contributed by atoms with van der Waals surface area (Å²) in [5.41, 5.74) is 3.13. The van der Waals surface area contributed by atoms with Gasteiger partial charge in [0.25, 0.3) is 0 Å². The van der Waals surface area contributed by atoms with Crippen LogP contribution in [-0.2, 0) is 11.8 Å². The average Bonchev–Trinajstić information content (AvgIpc) is 2.34. The van der Waals surface area contributed by atoms with Crippen molar-refractivity contribution in [2.75, 3.05) is 13.1 Å². The second kappa shape index (κ2) is 7.69. The van der Waals surface area contributed by atoms with Crippen molar-refractivity contribution in [3.63, 3.8) is 0 Å². The number of benzene rings is 1. The second-order valence-corrected chi connectivity index (χ2v) is 6.81. The molecule has 0 heterocycles. The molecule has 1 aromatic rings. The average molecular weight is 261 g/mol. The van der Waals surface area contributed by atoms with Gasteiger partial charge < -0.3 is 5.32 Å². The zero-order chi connectivity index (χ0) is 14.3. The maximum Gasteiger partial charge on any atom is -0.00200 e. The van der Waals surface area contributed by atoms with Crippen molar-refractivity contribution in [2.24, 2.45) is 5.92 Å². The van der Waals surface area contributed by atoms with Gasteiger partial charge in [-0.2, -0.15) is 0 Å². The van der Waals surface area contributed by atoms with E-state index in [2.05, 4.69) is 64.2 Å². The normalized spacial score (nSPS) is 13.5. The third kappa shape index (κ3) is 6.24. The van der Waals surface area contributed by atoms with Gasteiger partial charge in [0.1, 0.15) is 0 Å². The minimum Gasteiger partial charge on any atom is -0.316 e. The topological polar surface area (TPSA) is 12.0 Å². The Hall–Kier alpha value is -0.820. The number of nitrogens with one attached hydrogen (secondary N) is 1. The van der Waals surface area contributed by atoms with Gasteiger partial charge in [-0.25, -0.2) is 0 Å². The first-order valence-electron chi connectivity index (χ1n) is 7.73.